The number of nitrogens with zero attached hydrogens (tertiary/aromatic N) is 3. The third-order valence-electron chi connectivity index (χ3n) is 10.4. The molecular formula is C34H44Cl2N5O4-. The number of hydrazine groups is 1. The van der Waals surface area contributed by atoms with Crippen molar-refractivity contribution in [3.63, 3.8) is 0 Å². The van der Waals surface area contributed by atoms with Gasteiger partial charge in [0.2, 0.25) is 0 Å². The predicted octanol–water partition coefficient (Wildman–Crippen LogP) is 6.13. The molecule has 0 aromatic heterocycles. The Morgan fingerprint density at radius 2 is 1.51 bits per heavy atom. The maximum atomic E-state index is 13.9. The Labute approximate surface area is 276 Å². The second-order valence-electron chi connectivity index (χ2n) is 13.1. The molecule has 0 radical (unpaired) electrons. The Hall–Kier alpha value is -2.56. The smallest absolute Gasteiger partial charge is 0.410 e. The number of amides is 2. The number of carbonyl (C=O) groups is 2. The number of ether oxygens (including phenoxy) is 1. The molecule has 4 heterocycles. The van der Waals surface area contributed by atoms with Crippen molar-refractivity contribution in [2.45, 2.75) is 69.9 Å². The van der Waals surface area contributed by atoms with Crippen molar-refractivity contribution in [2.75, 3.05) is 44.7 Å². The van der Waals surface area contributed by atoms with Crippen LogP contribution in [-0.2, 0) is 22.4 Å². The zero-order valence-electron chi connectivity index (χ0n) is 25.8. The molecule has 3 fully saturated rings. The molecule has 2 N–H and O–H groups in total. The van der Waals surface area contributed by atoms with Crippen molar-refractivity contribution in [3.05, 3.63) is 68.8 Å². The van der Waals surface area contributed by atoms with Crippen molar-refractivity contribution in [1.82, 2.24) is 20.3 Å². The predicted molar refractivity (Wildman–Crippen MR) is 177 cm³/mol. The number of hydrogen-bond donors (Lipinski definition) is 2. The van der Waals surface area contributed by atoms with E-state index in [0.29, 0.717) is 60.9 Å². The number of nitrogens with one attached hydrogen (secondary N) is 2. The lowest BCUT2D eigenvalue weighted by atomic mass is 9.79. The summed E-state index contributed by atoms with van der Waals surface area (Å²) >= 11 is 12.4. The molecule has 0 saturated carbocycles. The zero-order chi connectivity index (χ0) is 31.3. The molecule has 6 rings (SSSR count). The summed E-state index contributed by atoms with van der Waals surface area (Å²) in [6, 6.07) is 13.0. The van der Waals surface area contributed by atoms with E-state index in [1.807, 2.05) is 29.2 Å². The minimum absolute atomic E-state index is 0.154. The second-order valence-corrected chi connectivity index (χ2v) is 13.9. The number of likely N-dealkylation sites (tertiary alicyclic amines) is 2. The number of hydrogen-bond acceptors (Lipinski definition) is 7. The van der Waals surface area contributed by atoms with Gasteiger partial charge >= 0.3 is 6.09 Å². The van der Waals surface area contributed by atoms with Gasteiger partial charge in [-0.1, -0.05) is 47.5 Å². The van der Waals surface area contributed by atoms with Gasteiger partial charge in [0.1, 0.15) is 0 Å². The van der Waals surface area contributed by atoms with E-state index in [4.69, 9.17) is 27.9 Å². The molecule has 9 nitrogen and oxygen atoms in total. The van der Waals surface area contributed by atoms with Crippen LogP contribution in [0, 0.1) is 23.0 Å². The molecule has 11 heteroatoms. The van der Waals surface area contributed by atoms with Gasteiger partial charge in [0.05, 0.1) is 15.7 Å². The molecule has 4 aliphatic heterocycles. The monoisotopic (exact) mass is 656 g/mol. The van der Waals surface area contributed by atoms with Crippen molar-refractivity contribution < 1.29 is 14.3 Å². The van der Waals surface area contributed by atoms with Gasteiger partial charge < -0.3 is 30.5 Å². The molecule has 0 spiro atoms. The van der Waals surface area contributed by atoms with Gasteiger partial charge in [0, 0.05) is 38.6 Å². The molecule has 45 heavy (non-hydrogen) atoms. The van der Waals surface area contributed by atoms with Crippen LogP contribution in [0.4, 0.5) is 10.5 Å². The van der Waals surface area contributed by atoms with Crippen LogP contribution < -0.4 is 10.7 Å². The number of aryl methyl sites for hydroxylation is 1. The number of hydroxylamine groups is 1. The Morgan fingerprint density at radius 1 is 0.844 bits per heavy atom. The molecule has 3 saturated heterocycles. The molecular weight excluding hydrogens is 613 g/mol. The Balaban J connectivity index is 1.07. The minimum atomic E-state index is -0.954. The first-order valence-electron chi connectivity index (χ1n) is 16.6. The fraction of sp³-hybridized carbons (Fsp3) is 0.588. The van der Waals surface area contributed by atoms with Crippen molar-refractivity contribution >= 4 is 40.9 Å². The first-order valence-corrected chi connectivity index (χ1v) is 17.3. The van der Waals surface area contributed by atoms with Crippen molar-refractivity contribution in [1.29, 1.82) is 0 Å². The highest BCUT2D eigenvalue weighted by Crippen LogP contribution is 2.33. The lowest BCUT2D eigenvalue weighted by Gasteiger charge is -2.43. The summed E-state index contributed by atoms with van der Waals surface area (Å²) in [6.07, 6.45) is 6.15. The van der Waals surface area contributed by atoms with E-state index < -0.39 is 12.2 Å². The number of halogens is 2. The van der Waals surface area contributed by atoms with Gasteiger partial charge in [0.15, 0.2) is 6.10 Å². The Morgan fingerprint density at radius 3 is 2.24 bits per heavy atom. The number of anilines is 1. The average molecular weight is 658 g/mol. The third kappa shape index (κ3) is 7.88. The number of para-hydroxylation sites is 1. The van der Waals surface area contributed by atoms with E-state index >= 15 is 0 Å². The van der Waals surface area contributed by atoms with Crippen LogP contribution in [0.25, 0.3) is 0 Å². The maximum absolute atomic E-state index is 13.9. The highest BCUT2D eigenvalue weighted by atomic mass is 35.5. The first-order chi connectivity index (χ1) is 21.9. The molecule has 2 amide bonds. The number of carbonyl (C=O) groups excluding carboxylic acids is 2. The van der Waals surface area contributed by atoms with Gasteiger partial charge in [-0.15, -0.1) is 0 Å². The van der Waals surface area contributed by atoms with Gasteiger partial charge in [-0.3, -0.25) is 9.97 Å². The van der Waals surface area contributed by atoms with Crippen LogP contribution in [0.1, 0.15) is 56.1 Å². The van der Waals surface area contributed by atoms with E-state index in [9.17, 15) is 14.8 Å². The maximum Gasteiger partial charge on any atom is 0.410 e. The summed E-state index contributed by atoms with van der Waals surface area (Å²) < 4.78 is 6.01. The fourth-order valence-corrected chi connectivity index (χ4v) is 8.05. The number of benzene rings is 2. The topological polar surface area (TPSA) is 100 Å². The van der Waals surface area contributed by atoms with Crippen LogP contribution in [0.15, 0.2) is 42.5 Å². The number of fused-ring (bicyclic) bond motifs is 1. The molecule has 244 valence electrons. The third-order valence-corrected chi connectivity index (χ3v) is 11.2. The standard InChI is InChI=1S/C34H44Cl2N5O4/c35-28-7-5-23(21-29(28)36)22-32(33(42)39-17-11-25(12-18-39)24-9-15-37-16-10-24)45-34(43)40-19-13-27(14-20-40)31-8-6-26-3-1-2-4-30(26)38-41(31)44/h1-5,7,21,24-25,27,31-32,37-38H,6,8-20,22H2/q-1/t31?,32-/m1/s1. The normalized spacial score (nSPS) is 23.1. The van der Waals surface area contributed by atoms with E-state index in [1.54, 1.807) is 17.0 Å². The molecule has 0 bridgehead atoms. The second kappa shape index (κ2) is 14.9. The van der Waals surface area contributed by atoms with E-state index in [-0.39, 0.29) is 24.3 Å². The van der Waals surface area contributed by atoms with Gasteiger partial charge in [-0.25, -0.2) is 4.79 Å². The summed E-state index contributed by atoms with van der Waals surface area (Å²) in [6.45, 7) is 4.47. The average Bonchev–Trinajstić information content (AvgIpc) is 3.24. The van der Waals surface area contributed by atoms with Crippen molar-refractivity contribution in [2.24, 2.45) is 17.8 Å². The summed E-state index contributed by atoms with van der Waals surface area (Å²) in [5.74, 6) is 1.35. The number of piperidine rings is 3. The molecule has 2 aromatic rings. The fourth-order valence-electron chi connectivity index (χ4n) is 7.73. The minimum Gasteiger partial charge on any atom is -0.767 e. The highest BCUT2D eigenvalue weighted by molar-refractivity contribution is 6.42. The van der Waals surface area contributed by atoms with Crippen LogP contribution in [0.5, 0.6) is 0 Å². The van der Waals surface area contributed by atoms with Crippen LogP contribution in [-0.4, -0.2) is 78.4 Å². The van der Waals surface area contributed by atoms with Crippen LogP contribution >= 0.6 is 23.2 Å². The van der Waals surface area contributed by atoms with Crippen LogP contribution in [0.2, 0.25) is 10.0 Å². The molecule has 2 aromatic carbocycles. The lowest BCUT2D eigenvalue weighted by molar-refractivity contribution is -0.142. The van der Waals surface area contributed by atoms with Crippen molar-refractivity contribution in [3.8, 4) is 0 Å². The summed E-state index contributed by atoms with van der Waals surface area (Å²) in [7, 11) is 0. The lowest BCUT2D eigenvalue weighted by Crippen LogP contribution is -2.50. The van der Waals surface area contributed by atoms with E-state index in [1.165, 1.54) is 12.8 Å². The molecule has 4 aliphatic rings. The van der Waals surface area contributed by atoms with Crippen LogP contribution in [0.3, 0.4) is 0 Å². The SMILES string of the molecule is O=C(O[C@H](Cc1ccc(Cl)c(Cl)c1)C(=O)N1CCC(C2CCNCC2)CC1)N1CCC(C2CCc3ccccc3NN2[O-])CC1. The molecule has 2 atom stereocenters. The Kier molecular flexibility index (Phi) is 10.7. The van der Waals surface area contributed by atoms with Gasteiger partial charge in [-0.2, -0.15) is 0 Å². The first kappa shape index (κ1) is 32.4. The summed E-state index contributed by atoms with van der Waals surface area (Å²) in [5.41, 5.74) is 5.84. The summed E-state index contributed by atoms with van der Waals surface area (Å²) in [5, 5.41) is 18.3. The van der Waals surface area contributed by atoms with E-state index in [2.05, 4.69) is 16.8 Å². The largest absolute Gasteiger partial charge is 0.767 e. The van der Waals surface area contributed by atoms with Gasteiger partial charge in [-0.05, 0) is 112 Å². The highest BCUT2D eigenvalue weighted by Gasteiger charge is 2.36. The summed E-state index contributed by atoms with van der Waals surface area (Å²) in [4.78, 5) is 31.0. The Bertz CT molecular complexity index is 1330. The van der Waals surface area contributed by atoms with E-state index in [0.717, 1.165) is 60.8 Å². The zero-order valence-corrected chi connectivity index (χ0v) is 27.3. The van der Waals surface area contributed by atoms with Gasteiger partial charge in [0.25, 0.3) is 5.91 Å². The molecule has 0 aliphatic carbocycles. The molecule has 1 unspecified atom stereocenters. The number of rotatable bonds is 6. The quantitative estimate of drug-likeness (QED) is 0.386.